The quantitative estimate of drug-likeness (QED) is 0.165. The van der Waals surface area contributed by atoms with Crippen molar-refractivity contribution in [1.82, 2.24) is 9.97 Å². The number of nitrogens with zero attached hydrogens (tertiary/aromatic N) is 2. The minimum atomic E-state index is -0.411. The molecule has 0 N–H and O–H groups in total. The lowest BCUT2D eigenvalue weighted by molar-refractivity contribution is 0.0727. The van der Waals surface area contributed by atoms with Crippen molar-refractivity contribution in [2.24, 2.45) is 0 Å². The molecule has 1 heterocycles. The van der Waals surface area contributed by atoms with E-state index in [9.17, 15) is 4.79 Å². The second-order valence-corrected chi connectivity index (χ2v) is 9.35. The van der Waals surface area contributed by atoms with Crippen LogP contribution < -0.4 is 4.74 Å². The third-order valence-electron chi connectivity index (χ3n) is 6.40. The van der Waals surface area contributed by atoms with Crippen molar-refractivity contribution in [1.29, 1.82) is 0 Å². The molecule has 1 aromatic heterocycles. The lowest BCUT2D eigenvalue weighted by Gasteiger charge is -2.07. The largest absolute Gasteiger partial charge is 0.402 e. The molecule has 2 aromatic carbocycles. The van der Waals surface area contributed by atoms with E-state index in [0.717, 1.165) is 24.1 Å². The molecule has 0 radical (unpaired) electrons. The van der Waals surface area contributed by atoms with E-state index in [1.165, 1.54) is 81.5 Å². The molecule has 35 heavy (non-hydrogen) atoms. The average molecular weight is 473 g/mol. The van der Waals surface area contributed by atoms with Gasteiger partial charge in [-0.15, -0.1) is 0 Å². The van der Waals surface area contributed by atoms with Gasteiger partial charge < -0.3 is 4.74 Å². The summed E-state index contributed by atoms with van der Waals surface area (Å²) in [7, 11) is 0. The van der Waals surface area contributed by atoms with Crippen molar-refractivity contribution in [2.75, 3.05) is 0 Å². The third kappa shape index (κ3) is 9.28. The van der Waals surface area contributed by atoms with Crippen LogP contribution in [-0.4, -0.2) is 15.9 Å². The van der Waals surface area contributed by atoms with Crippen LogP contribution in [0, 0.1) is 0 Å². The summed E-state index contributed by atoms with van der Waals surface area (Å²) >= 11 is 0. The molecule has 0 spiro atoms. The molecule has 4 heteroatoms. The van der Waals surface area contributed by atoms with Crippen LogP contribution in [0.5, 0.6) is 5.88 Å². The van der Waals surface area contributed by atoms with E-state index in [1.54, 1.807) is 6.20 Å². The number of benzene rings is 2. The van der Waals surface area contributed by atoms with Gasteiger partial charge in [-0.1, -0.05) is 102 Å². The lowest BCUT2D eigenvalue weighted by Crippen LogP contribution is -2.09. The van der Waals surface area contributed by atoms with Gasteiger partial charge in [-0.05, 0) is 48.9 Å². The normalized spacial score (nSPS) is 10.9. The Balaban J connectivity index is 1.46. The summed E-state index contributed by atoms with van der Waals surface area (Å²) in [4.78, 5) is 21.3. The zero-order valence-corrected chi connectivity index (χ0v) is 21.5. The number of unbranched alkanes of at least 4 members (excludes halogenated alkanes) is 8. The first-order valence-electron chi connectivity index (χ1n) is 13.4. The zero-order valence-electron chi connectivity index (χ0n) is 21.5. The number of ether oxygens (including phenoxy) is 1. The maximum atomic E-state index is 12.5. The summed E-state index contributed by atoms with van der Waals surface area (Å²) in [5, 5.41) is 0. The fraction of sp³-hybridized carbons (Fsp3) is 0.452. The van der Waals surface area contributed by atoms with Crippen molar-refractivity contribution in [3.05, 3.63) is 77.6 Å². The number of hydrogen-bond acceptors (Lipinski definition) is 4. The van der Waals surface area contributed by atoms with Gasteiger partial charge in [0.05, 0.1) is 23.7 Å². The Kier molecular flexibility index (Phi) is 11.5. The van der Waals surface area contributed by atoms with Crippen LogP contribution in [0.15, 0.2) is 60.9 Å². The fourth-order valence-electron chi connectivity index (χ4n) is 4.19. The highest BCUT2D eigenvalue weighted by Gasteiger charge is 2.10. The molecule has 186 valence electrons. The van der Waals surface area contributed by atoms with E-state index in [0.29, 0.717) is 5.56 Å². The van der Waals surface area contributed by atoms with Crippen LogP contribution in [0.3, 0.4) is 0 Å². The molecular formula is C31H40N2O2. The van der Waals surface area contributed by atoms with Crippen LogP contribution in [0.2, 0.25) is 0 Å². The zero-order chi connectivity index (χ0) is 24.7. The minimum absolute atomic E-state index is 0.211. The van der Waals surface area contributed by atoms with Crippen molar-refractivity contribution in [2.45, 2.75) is 90.9 Å². The predicted molar refractivity (Wildman–Crippen MR) is 144 cm³/mol. The van der Waals surface area contributed by atoms with E-state index in [2.05, 4.69) is 48.1 Å². The molecule has 0 bridgehead atoms. The van der Waals surface area contributed by atoms with Crippen molar-refractivity contribution >= 4 is 5.97 Å². The smallest absolute Gasteiger partial charge is 0.344 e. The molecule has 0 aliphatic carbocycles. The number of aryl methyl sites for hydroxylation is 2. The van der Waals surface area contributed by atoms with Crippen LogP contribution in [0.4, 0.5) is 0 Å². The first kappa shape index (κ1) is 26.6. The molecule has 0 fully saturated rings. The lowest BCUT2D eigenvalue weighted by atomic mass is 10.0. The maximum absolute atomic E-state index is 12.5. The third-order valence-corrected chi connectivity index (χ3v) is 6.40. The number of carbonyl (C=O) groups excluding carboxylic acids is 1. The van der Waals surface area contributed by atoms with Crippen molar-refractivity contribution in [3.63, 3.8) is 0 Å². The van der Waals surface area contributed by atoms with Gasteiger partial charge in [0.15, 0.2) is 0 Å². The monoisotopic (exact) mass is 472 g/mol. The molecule has 0 saturated carbocycles. The molecule has 4 nitrogen and oxygen atoms in total. The first-order chi connectivity index (χ1) is 17.2. The molecule has 3 rings (SSSR count). The molecule has 0 atom stereocenters. The number of esters is 1. The molecule has 0 saturated heterocycles. The first-order valence-corrected chi connectivity index (χ1v) is 13.4. The molecule has 0 unspecified atom stereocenters. The Bertz CT molecular complexity index is 996. The van der Waals surface area contributed by atoms with Gasteiger partial charge in [0.1, 0.15) is 0 Å². The van der Waals surface area contributed by atoms with Gasteiger partial charge in [0.2, 0.25) is 5.88 Å². The number of rotatable bonds is 15. The second kappa shape index (κ2) is 15.1. The Morgan fingerprint density at radius 3 is 1.77 bits per heavy atom. The van der Waals surface area contributed by atoms with Gasteiger partial charge in [0.25, 0.3) is 0 Å². The van der Waals surface area contributed by atoms with Crippen LogP contribution in [0.25, 0.3) is 11.3 Å². The summed E-state index contributed by atoms with van der Waals surface area (Å²) in [5.41, 5.74) is 4.90. The van der Waals surface area contributed by atoms with Gasteiger partial charge >= 0.3 is 5.97 Å². The number of aromatic nitrogens is 2. The summed E-state index contributed by atoms with van der Waals surface area (Å²) < 4.78 is 5.44. The maximum Gasteiger partial charge on any atom is 0.344 e. The van der Waals surface area contributed by atoms with Gasteiger partial charge in [0, 0.05) is 5.56 Å². The number of carbonyl (C=O) groups is 1. The molecule has 0 aliphatic rings. The fourth-order valence-corrected chi connectivity index (χ4v) is 4.19. The summed E-state index contributed by atoms with van der Waals surface area (Å²) in [6.07, 6.45) is 18.1. The Hall–Kier alpha value is -3.01. The highest BCUT2D eigenvalue weighted by Crippen LogP contribution is 2.20. The minimum Gasteiger partial charge on any atom is -0.402 e. The van der Waals surface area contributed by atoms with E-state index < -0.39 is 5.97 Å². The Morgan fingerprint density at radius 2 is 1.20 bits per heavy atom. The molecule has 3 aromatic rings. The van der Waals surface area contributed by atoms with Crippen LogP contribution in [-0.2, 0) is 12.8 Å². The van der Waals surface area contributed by atoms with E-state index >= 15 is 0 Å². The van der Waals surface area contributed by atoms with Gasteiger partial charge in [-0.3, -0.25) is 0 Å². The standard InChI is InChI=1S/C31H40N2O2/c1-3-5-7-9-10-12-14-26-17-21-28(22-18-26)31(34)35-30-24-32-29(23-33-30)27-19-15-25(16-20-27)13-11-8-6-4-2/h15-24H,3-14H2,1-2H3. The highest BCUT2D eigenvalue weighted by atomic mass is 16.5. The Morgan fingerprint density at radius 1 is 0.657 bits per heavy atom. The van der Waals surface area contributed by atoms with Gasteiger partial charge in [-0.2, -0.15) is 0 Å². The van der Waals surface area contributed by atoms with E-state index in [-0.39, 0.29) is 5.88 Å². The predicted octanol–water partition coefficient (Wildman–Crippen LogP) is 8.39. The molecule has 0 aliphatic heterocycles. The topological polar surface area (TPSA) is 52.1 Å². The van der Waals surface area contributed by atoms with Crippen LogP contribution >= 0.6 is 0 Å². The van der Waals surface area contributed by atoms with Gasteiger partial charge in [-0.25, -0.2) is 14.8 Å². The van der Waals surface area contributed by atoms with E-state index in [1.807, 2.05) is 24.3 Å². The number of hydrogen-bond donors (Lipinski definition) is 0. The van der Waals surface area contributed by atoms with Crippen LogP contribution in [0.1, 0.15) is 99.5 Å². The SMILES string of the molecule is CCCCCCCCc1ccc(C(=O)Oc2cnc(-c3ccc(CCCCCC)cc3)cn2)cc1. The molecule has 0 amide bonds. The average Bonchev–Trinajstić information content (AvgIpc) is 2.90. The summed E-state index contributed by atoms with van der Waals surface area (Å²) in [6.45, 7) is 4.47. The van der Waals surface area contributed by atoms with Crippen molar-refractivity contribution < 1.29 is 9.53 Å². The van der Waals surface area contributed by atoms with Crippen molar-refractivity contribution in [3.8, 4) is 17.1 Å². The second-order valence-electron chi connectivity index (χ2n) is 9.35. The highest BCUT2D eigenvalue weighted by molar-refractivity contribution is 5.90. The summed E-state index contributed by atoms with van der Waals surface area (Å²) in [6, 6.07) is 16.2. The molecular weight excluding hydrogens is 432 g/mol. The summed E-state index contributed by atoms with van der Waals surface area (Å²) in [5.74, 6) is -0.201. The Labute approximate surface area is 211 Å². The van der Waals surface area contributed by atoms with E-state index in [4.69, 9.17) is 4.74 Å².